The highest BCUT2D eigenvalue weighted by Crippen LogP contribution is 2.17. The Labute approximate surface area is 732 Å². The van der Waals surface area contributed by atoms with E-state index in [2.05, 4.69) is 99.7 Å². The number of hydrogen-bond acceptors (Lipinski definition) is 21. The third-order valence-corrected chi connectivity index (χ3v) is 20.3. The van der Waals surface area contributed by atoms with Crippen LogP contribution in [0.25, 0.3) is 0 Å². The van der Waals surface area contributed by atoms with Gasteiger partial charge in [0, 0.05) is 43.7 Å². The molecule has 674 valence electrons. The topological polar surface area (TPSA) is 587 Å². The van der Waals surface area contributed by atoms with Crippen LogP contribution in [0.15, 0.2) is 152 Å². The maximum atomic E-state index is 15.1. The Morgan fingerprint density at radius 2 is 0.597 bits per heavy atom. The van der Waals surface area contributed by atoms with E-state index in [0.717, 1.165) is 19.4 Å². The molecule has 0 saturated carbocycles. The van der Waals surface area contributed by atoms with Gasteiger partial charge in [-0.1, -0.05) is 193 Å². The van der Waals surface area contributed by atoms with Crippen LogP contribution in [-0.2, 0) is 104 Å². The largest absolute Gasteiger partial charge is 0.480 e. The summed E-state index contributed by atoms with van der Waals surface area (Å²) in [5.74, 6) is -17.3. The number of aliphatic hydroxyl groups is 2. The van der Waals surface area contributed by atoms with Gasteiger partial charge in [-0.2, -0.15) is 25.3 Å². The van der Waals surface area contributed by atoms with Crippen LogP contribution in [0.5, 0.6) is 0 Å². The standard InChI is InChI=1S/C86H120N18O18S2/c1-47(2)37-59(73(109)92-58(85(121)122)35-24-36-91-86(89)90)94-80(116)66(45-123)101-77(113)63(42-55-31-20-12-21-32-55)98-82(118)69(49(5)6)102-79(115)64(43-56-33-22-13-23-34-56)96-74(110)60(38-48(3)4)93-75(111)61(40-53-27-16-10-17-28-53)95-78(114)65(44-68(88)107)97-76(112)62(41-54-29-18-11-19-30-54)99-83(119)70(50(7)105)104-84(120)71(51(8)106)103-81(117)67(46-124)100-72(108)57(87)39-52-25-14-9-15-26-52/h9-23,25-34,47-51,57-67,69-71,105-106,123-124H,24,35-46,87H2,1-8H3,(H2,88,107)(H,92,109)(H,93,111)(H,94,116)(H,95,114)(H,96,110)(H,97,112)(H,98,118)(H,99,119)(H,100,108)(H,101,113)(H,102,115)(H,103,117)(H,104,120)(H,121,122)(H4,89,90,91)/t50-,51-,57+,58+,59+,60+,61+,62+,63+,64+,65+,66+,67+,69+,70+,71+/m1/s1. The predicted molar refractivity (Wildman–Crippen MR) is 469 cm³/mol. The summed E-state index contributed by atoms with van der Waals surface area (Å²) in [4.78, 5) is 212. The minimum absolute atomic E-state index is 0.0479. The van der Waals surface area contributed by atoms with Gasteiger partial charge in [-0.05, 0) is 91.5 Å². The van der Waals surface area contributed by atoms with Crippen LogP contribution in [0.3, 0.4) is 0 Å². The van der Waals surface area contributed by atoms with Crippen LogP contribution in [-0.4, -0.2) is 225 Å². The average Bonchev–Trinajstić information content (AvgIpc) is 0.841. The molecule has 0 heterocycles. The van der Waals surface area contributed by atoms with Gasteiger partial charge in [-0.15, -0.1) is 0 Å². The van der Waals surface area contributed by atoms with Crippen molar-refractivity contribution in [2.24, 2.45) is 35.0 Å². The Kier molecular flexibility index (Phi) is 43.4. The van der Waals surface area contributed by atoms with Gasteiger partial charge in [0.15, 0.2) is 5.96 Å². The van der Waals surface area contributed by atoms with Crippen molar-refractivity contribution < 1.29 is 87.2 Å². The highest BCUT2D eigenvalue weighted by atomic mass is 32.1. The predicted octanol–water partition coefficient (Wildman–Crippen LogP) is -1.58. The first-order valence-electron chi connectivity index (χ1n) is 40.8. The Morgan fingerprint density at radius 3 is 0.927 bits per heavy atom. The van der Waals surface area contributed by atoms with Crippen LogP contribution in [0, 0.1) is 23.2 Å². The quantitative estimate of drug-likeness (QED) is 0.00904. The molecule has 0 radical (unpaired) electrons. The molecule has 24 N–H and O–H groups in total. The summed E-state index contributed by atoms with van der Waals surface area (Å²) in [5.41, 5.74) is 20.0. The fourth-order valence-corrected chi connectivity index (χ4v) is 13.5. The number of thiol groups is 2. The lowest BCUT2D eigenvalue weighted by atomic mass is 9.98. The summed E-state index contributed by atoms with van der Waals surface area (Å²) >= 11 is 8.55. The third kappa shape index (κ3) is 35.8. The molecule has 0 unspecified atom stereocenters. The first-order valence-corrected chi connectivity index (χ1v) is 42.1. The second-order valence-electron chi connectivity index (χ2n) is 31.5. The highest BCUT2D eigenvalue weighted by molar-refractivity contribution is 7.80. The third-order valence-electron chi connectivity index (χ3n) is 19.6. The normalized spacial score (nSPS) is 15.1. The van der Waals surface area contributed by atoms with Crippen molar-refractivity contribution in [1.29, 1.82) is 5.41 Å². The molecule has 5 aromatic carbocycles. The van der Waals surface area contributed by atoms with Crippen molar-refractivity contribution >= 4 is 120 Å². The number of carbonyl (C=O) groups is 15. The van der Waals surface area contributed by atoms with Crippen LogP contribution in [0.4, 0.5) is 0 Å². The summed E-state index contributed by atoms with van der Waals surface area (Å²) in [6.45, 7) is 12.7. The zero-order chi connectivity index (χ0) is 91.9. The minimum Gasteiger partial charge on any atom is -0.480 e. The van der Waals surface area contributed by atoms with E-state index in [1.807, 2.05) is 0 Å². The number of hydrogen-bond donors (Lipinski definition) is 23. The molecule has 5 aromatic rings. The molecular formula is C86H120N18O18S2. The maximum Gasteiger partial charge on any atom is 0.326 e. The monoisotopic (exact) mass is 1760 g/mol. The smallest absolute Gasteiger partial charge is 0.326 e. The zero-order valence-electron chi connectivity index (χ0n) is 70.7. The van der Waals surface area contributed by atoms with E-state index in [4.69, 9.17) is 22.6 Å². The van der Waals surface area contributed by atoms with Crippen molar-refractivity contribution in [3.8, 4) is 0 Å². The number of guanidine groups is 1. The number of carbonyl (C=O) groups excluding carboxylic acids is 14. The number of carboxylic acid groups (broad SMARTS) is 1. The molecule has 0 aliphatic carbocycles. The number of carboxylic acids is 1. The molecule has 0 fully saturated rings. The van der Waals surface area contributed by atoms with Crippen molar-refractivity contribution in [3.63, 3.8) is 0 Å². The number of primary amides is 1. The first-order chi connectivity index (χ1) is 58.8. The molecule has 38 heteroatoms. The van der Waals surface area contributed by atoms with Crippen LogP contribution < -0.4 is 91.6 Å². The lowest BCUT2D eigenvalue weighted by molar-refractivity contribution is -0.142. The van der Waals surface area contributed by atoms with E-state index >= 15 is 14.4 Å². The van der Waals surface area contributed by atoms with E-state index in [1.165, 1.54) is 0 Å². The van der Waals surface area contributed by atoms with Crippen molar-refractivity contribution in [1.82, 2.24) is 74.4 Å². The Morgan fingerprint density at radius 1 is 0.339 bits per heavy atom. The van der Waals surface area contributed by atoms with E-state index < -0.39 is 198 Å². The molecule has 16 atom stereocenters. The number of rotatable bonds is 52. The number of nitrogens with one attached hydrogen (secondary N) is 15. The molecule has 0 spiro atoms. The van der Waals surface area contributed by atoms with Gasteiger partial charge < -0.3 is 107 Å². The summed E-state index contributed by atoms with van der Waals surface area (Å²) in [6.07, 6.45) is -5.04. The molecule has 5 rings (SSSR count). The number of benzene rings is 5. The summed E-state index contributed by atoms with van der Waals surface area (Å²) in [7, 11) is 0. The van der Waals surface area contributed by atoms with Gasteiger partial charge in [-0.25, -0.2) is 4.79 Å². The molecule has 0 saturated heterocycles. The summed E-state index contributed by atoms with van der Waals surface area (Å²) < 4.78 is 0. The molecule has 0 aliphatic heterocycles. The number of aliphatic hydroxyl groups excluding tert-OH is 2. The molecule has 0 bridgehead atoms. The van der Waals surface area contributed by atoms with Crippen molar-refractivity contribution in [2.45, 2.75) is 216 Å². The molecular weight excluding hydrogens is 1640 g/mol. The molecule has 124 heavy (non-hydrogen) atoms. The number of amides is 14. The van der Waals surface area contributed by atoms with Crippen molar-refractivity contribution in [2.75, 3.05) is 18.1 Å². The minimum atomic E-state index is -1.93. The van der Waals surface area contributed by atoms with Crippen LogP contribution >= 0.6 is 25.3 Å². The van der Waals surface area contributed by atoms with Gasteiger partial charge in [0.25, 0.3) is 0 Å². The fraction of sp³-hybridized carbons (Fsp3) is 0.465. The lowest BCUT2D eigenvalue weighted by Gasteiger charge is -2.30. The van der Waals surface area contributed by atoms with Gasteiger partial charge in [0.05, 0.1) is 24.7 Å². The van der Waals surface area contributed by atoms with Gasteiger partial charge in [-0.3, -0.25) is 72.5 Å². The SMILES string of the molecule is CC(C)C[C@H](NC(=O)[C@H](CS)NC(=O)[C@H](Cc1ccccc1)NC(=O)[C@@H](NC(=O)[C@H](Cc1ccccc1)NC(=O)[C@H](CC(C)C)NC(=O)[C@H](Cc1ccccc1)NC(=O)[C@H](CC(N)=O)NC(=O)[C@H](Cc1ccccc1)NC(=O)[C@@H](NC(=O)[C@@H](NC(=O)[C@H](CS)NC(=O)[C@@H](N)Cc1ccccc1)[C@@H](C)O)[C@@H](C)O)C(C)C)C(=O)N[C@@H](CCCNC(=N)N)C(=O)O. The van der Waals surface area contributed by atoms with Gasteiger partial charge in [0.1, 0.15) is 78.5 Å². The van der Waals surface area contributed by atoms with E-state index in [-0.39, 0.29) is 93.6 Å². The van der Waals surface area contributed by atoms with Gasteiger partial charge >= 0.3 is 5.97 Å². The molecule has 0 aromatic heterocycles. The summed E-state index contributed by atoms with van der Waals surface area (Å²) in [5, 5.41) is 75.2. The molecule has 14 amide bonds. The van der Waals surface area contributed by atoms with E-state index in [1.54, 1.807) is 193 Å². The second-order valence-corrected chi connectivity index (χ2v) is 32.2. The second kappa shape index (κ2) is 52.5. The molecule has 0 aliphatic rings. The van der Waals surface area contributed by atoms with Crippen LogP contribution in [0.1, 0.15) is 115 Å². The Hall–Kier alpha value is -12.0. The maximum absolute atomic E-state index is 15.1. The first kappa shape index (κ1) is 103. The van der Waals surface area contributed by atoms with E-state index in [0.29, 0.717) is 22.3 Å². The number of aliphatic carboxylic acids is 1. The number of nitrogens with two attached hydrogens (primary N) is 3. The zero-order valence-corrected chi connectivity index (χ0v) is 72.5. The Balaban J connectivity index is 1.39. The highest BCUT2D eigenvalue weighted by Gasteiger charge is 2.40. The van der Waals surface area contributed by atoms with Crippen molar-refractivity contribution in [3.05, 3.63) is 179 Å². The molecule has 36 nitrogen and oxygen atoms in total. The Bertz CT molecular complexity index is 4370. The summed E-state index contributed by atoms with van der Waals surface area (Å²) in [6, 6.07) is 20.7. The lowest BCUT2D eigenvalue weighted by Crippen LogP contribution is -2.63. The van der Waals surface area contributed by atoms with Gasteiger partial charge in [0.2, 0.25) is 82.7 Å². The van der Waals surface area contributed by atoms with E-state index in [9.17, 15) is 72.9 Å². The fourth-order valence-electron chi connectivity index (χ4n) is 13.0. The van der Waals surface area contributed by atoms with Crippen LogP contribution in [0.2, 0.25) is 0 Å². The average molecular weight is 1760 g/mol.